The first kappa shape index (κ1) is 21.0. The van der Waals surface area contributed by atoms with Crippen LogP contribution in [0.2, 0.25) is 0 Å². The highest BCUT2D eigenvalue weighted by molar-refractivity contribution is 7.89. The minimum atomic E-state index is -3.49. The number of carbonyl (C=O) groups excluding carboxylic acids is 1. The molecule has 2 aliphatic heterocycles. The molecule has 2 saturated heterocycles. The first-order chi connectivity index (χ1) is 13.4. The molecule has 28 heavy (non-hydrogen) atoms. The van der Waals surface area contributed by atoms with Crippen LogP contribution in [0, 0.1) is 5.92 Å². The third kappa shape index (κ3) is 4.82. The number of piperidine rings is 1. The van der Waals surface area contributed by atoms with Gasteiger partial charge in [0.15, 0.2) is 0 Å². The lowest BCUT2D eigenvalue weighted by molar-refractivity contribution is -0.130. The minimum Gasteiger partial charge on any atom is -0.379 e. The number of amides is 1. The SMILES string of the molecule is CC(C)C1CCCCN1C(=O)C=Cc1ccc(S(=O)(=O)N2CCOCC2)cc1. The molecule has 154 valence electrons. The summed E-state index contributed by atoms with van der Waals surface area (Å²) >= 11 is 0. The molecular formula is C21H30N2O4S. The van der Waals surface area contributed by atoms with Gasteiger partial charge in [0.05, 0.1) is 18.1 Å². The summed E-state index contributed by atoms with van der Waals surface area (Å²) in [6, 6.07) is 6.99. The second-order valence-corrected chi connectivity index (χ2v) is 9.70. The number of hydrogen-bond acceptors (Lipinski definition) is 4. The quantitative estimate of drug-likeness (QED) is 0.705. The Kier molecular flexibility index (Phi) is 6.91. The van der Waals surface area contributed by atoms with Crippen LogP contribution in [0.3, 0.4) is 0 Å². The number of rotatable bonds is 5. The molecule has 1 aromatic carbocycles. The summed E-state index contributed by atoms with van der Waals surface area (Å²) < 4.78 is 32.0. The molecule has 0 radical (unpaired) electrons. The Morgan fingerprint density at radius 2 is 1.79 bits per heavy atom. The van der Waals surface area contributed by atoms with E-state index < -0.39 is 10.0 Å². The molecule has 0 aliphatic carbocycles. The van der Waals surface area contributed by atoms with E-state index in [0.29, 0.717) is 38.3 Å². The van der Waals surface area contributed by atoms with Gasteiger partial charge in [-0.15, -0.1) is 0 Å². The molecule has 1 amide bonds. The van der Waals surface area contributed by atoms with Gasteiger partial charge in [0.25, 0.3) is 0 Å². The number of benzene rings is 1. The number of nitrogens with zero attached hydrogens (tertiary/aromatic N) is 2. The van der Waals surface area contributed by atoms with E-state index >= 15 is 0 Å². The van der Waals surface area contributed by atoms with Gasteiger partial charge in [0.1, 0.15) is 0 Å². The van der Waals surface area contributed by atoms with Gasteiger partial charge < -0.3 is 9.64 Å². The molecule has 1 aromatic rings. The summed E-state index contributed by atoms with van der Waals surface area (Å²) in [5.74, 6) is 0.478. The maximum atomic E-state index is 12.7. The minimum absolute atomic E-state index is 0.0309. The normalized spacial score (nSPS) is 22.1. The van der Waals surface area contributed by atoms with Gasteiger partial charge in [0.2, 0.25) is 15.9 Å². The van der Waals surface area contributed by atoms with Gasteiger partial charge in [-0.2, -0.15) is 4.31 Å². The molecule has 2 heterocycles. The van der Waals surface area contributed by atoms with E-state index in [-0.39, 0.29) is 10.8 Å². The van der Waals surface area contributed by atoms with E-state index in [0.717, 1.165) is 24.9 Å². The smallest absolute Gasteiger partial charge is 0.246 e. The van der Waals surface area contributed by atoms with Crippen molar-refractivity contribution in [3.63, 3.8) is 0 Å². The Hall–Kier alpha value is -1.70. The first-order valence-corrected chi connectivity index (χ1v) is 11.5. The molecule has 1 atom stereocenters. The van der Waals surface area contributed by atoms with E-state index in [1.165, 1.54) is 10.7 Å². The predicted molar refractivity (Wildman–Crippen MR) is 109 cm³/mol. The lowest BCUT2D eigenvalue weighted by Crippen LogP contribution is -2.45. The van der Waals surface area contributed by atoms with Gasteiger partial charge in [0, 0.05) is 31.8 Å². The lowest BCUT2D eigenvalue weighted by Gasteiger charge is -2.37. The second kappa shape index (κ2) is 9.20. The van der Waals surface area contributed by atoms with Crippen LogP contribution < -0.4 is 0 Å². The highest BCUT2D eigenvalue weighted by atomic mass is 32.2. The number of hydrogen-bond donors (Lipinski definition) is 0. The molecule has 2 fully saturated rings. The molecule has 0 spiro atoms. The van der Waals surface area contributed by atoms with Gasteiger partial charge in [-0.3, -0.25) is 4.79 Å². The van der Waals surface area contributed by atoms with Crippen LogP contribution in [-0.4, -0.2) is 62.4 Å². The summed E-state index contributed by atoms with van der Waals surface area (Å²) in [4.78, 5) is 14.9. The molecule has 2 aliphatic rings. The largest absolute Gasteiger partial charge is 0.379 e. The Balaban J connectivity index is 1.67. The monoisotopic (exact) mass is 406 g/mol. The summed E-state index contributed by atoms with van der Waals surface area (Å²) in [6.07, 6.45) is 6.66. The molecule has 7 heteroatoms. The van der Waals surface area contributed by atoms with Gasteiger partial charge in [-0.1, -0.05) is 26.0 Å². The molecule has 6 nitrogen and oxygen atoms in total. The summed E-state index contributed by atoms with van der Waals surface area (Å²) in [5.41, 5.74) is 0.812. The van der Waals surface area contributed by atoms with Crippen molar-refractivity contribution in [2.45, 2.75) is 44.0 Å². The van der Waals surface area contributed by atoms with Crippen molar-refractivity contribution in [3.05, 3.63) is 35.9 Å². The van der Waals surface area contributed by atoms with Crippen LogP contribution in [0.4, 0.5) is 0 Å². The van der Waals surface area contributed by atoms with E-state index in [1.54, 1.807) is 36.4 Å². The van der Waals surface area contributed by atoms with Crippen LogP contribution in [0.5, 0.6) is 0 Å². The zero-order valence-electron chi connectivity index (χ0n) is 16.7. The van der Waals surface area contributed by atoms with Crippen LogP contribution >= 0.6 is 0 Å². The van der Waals surface area contributed by atoms with Crippen molar-refractivity contribution in [2.75, 3.05) is 32.8 Å². The molecule has 0 N–H and O–H groups in total. The molecule has 1 unspecified atom stereocenters. The molecule has 0 saturated carbocycles. The third-order valence-electron chi connectivity index (χ3n) is 5.51. The van der Waals surface area contributed by atoms with Crippen molar-refractivity contribution >= 4 is 22.0 Å². The zero-order chi connectivity index (χ0) is 20.1. The van der Waals surface area contributed by atoms with Crippen LogP contribution in [0.15, 0.2) is 35.2 Å². The molecule has 0 bridgehead atoms. The van der Waals surface area contributed by atoms with Crippen molar-refractivity contribution in [1.29, 1.82) is 0 Å². The van der Waals surface area contributed by atoms with Crippen molar-refractivity contribution < 1.29 is 17.9 Å². The average Bonchev–Trinajstić information content (AvgIpc) is 2.73. The topological polar surface area (TPSA) is 66.9 Å². The van der Waals surface area contributed by atoms with Crippen molar-refractivity contribution in [3.8, 4) is 0 Å². The fourth-order valence-corrected chi connectivity index (χ4v) is 5.28. The first-order valence-electron chi connectivity index (χ1n) is 10.1. The molecule has 3 rings (SSSR count). The third-order valence-corrected chi connectivity index (χ3v) is 7.42. The fraction of sp³-hybridized carbons (Fsp3) is 0.571. The van der Waals surface area contributed by atoms with E-state index in [2.05, 4.69) is 13.8 Å². The number of ether oxygens (including phenoxy) is 1. The van der Waals surface area contributed by atoms with Gasteiger partial charge in [-0.25, -0.2) is 8.42 Å². The Bertz CT molecular complexity index is 796. The second-order valence-electron chi connectivity index (χ2n) is 7.76. The molecule has 0 aromatic heterocycles. The highest BCUT2D eigenvalue weighted by Crippen LogP contribution is 2.24. The maximum Gasteiger partial charge on any atom is 0.246 e. The molecular weight excluding hydrogens is 376 g/mol. The Labute approximate surface area is 168 Å². The van der Waals surface area contributed by atoms with Gasteiger partial charge >= 0.3 is 0 Å². The maximum absolute atomic E-state index is 12.7. The number of morpholine rings is 1. The lowest BCUT2D eigenvalue weighted by atomic mass is 9.92. The predicted octanol–water partition coefficient (Wildman–Crippen LogP) is 2.76. The van der Waals surface area contributed by atoms with Crippen LogP contribution in [0.25, 0.3) is 6.08 Å². The van der Waals surface area contributed by atoms with E-state index in [4.69, 9.17) is 4.74 Å². The highest BCUT2D eigenvalue weighted by Gasteiger charge is 2.28. The van der Waals surface area contributed by atoms with E-state index in [9.17, 15) is 13.2 Å². The van der Waals surface area contributed by atoms with Crippen molar-refractivity contribution in [1.82, 2.24) is 9.21 Å². The van der Waals surface area contributed by atoms with Crippen LogP contribution in [0.1, 0.15) is 38.7 Å². The zero-order valence-corrected chi connectivity index (χ0v) is 17.5. The number of sulfonamides is 1. The Morgan fingerprint density at radius 3 is 2.43 bits per heavy atom. The summed E-state index contributed by atoms with van der Waals surface area (Å²) in [7, 11) is -3.49. The number of carbonyl (C=O) groups is 1. The summed E-state index contributed by atoms with van der Waals surface area (Å²) in [6.45, 7) is 6.74. The van der Waals surface area contributed by atoms with E-state index in [1.807, 2.05) is 4.90 Å². The van der Waals surface area contributed by atoms with Gasteiger partial charge in [-0.05, 0) is 49.0 Å². The van der Waals surface area contributed by atoms with Crippen molar-refractivity contribution in [2.24, 2.45) is 5.92 Å². The fourth-order valence-electron chi connectivity index (χ4n) is 3.87. The van der Waals surface area contributed by atoms with Crippen LogP contribution in [-0.2, 0) is 19.6 Å². The Morgan fingerprint density at radius 1 is 1.11 bits per heavy atom. The standard InChI is InChI=1S/C21H30N2O4S/c1-17(2)20-5-3-4-12-23(20)21(24)11-8-18-6-9-19(10-7-18)28(25,26)22-13-15-27-16-14-22/h6-11,17,20H,3-5,12-16H2,1-2H3. The average molecular weight is 407 g/mol. The summed E-state index contributed by atoms with van der Waals surface area (Å²) in [5, 5.41) is 0. The number of likely N-dealkylation sites (tertiary alicyclic amines) is 1.